The third-order valence-corrected chi connectivity index (χ3v) is 5.50. The predicted octanol–water partition coefficient (Wildman–Crippen LogP) is 1.52. The van der Waals surface area contributed by atoms with Crippen molar-refractivity contribution in [3.63, 3.8) is 0 Å². The Balaban J connectivity index is 2.05. The van der Waals surface area contributed by atoms with Gasteiger partial charge in [-0.15, -0.1) is 0 Å². The summed E-state index contributed by atoms with van der Waals surface area (Å²) in [5.41, 5.74) is 4.82. The molecule has 1 aliphatic heterocycles. The van der Waals surface area contributed by atoms with Crippen molar-refractivity contribution in [3.05, 3.63) is 35.9 Å². The van der Waals surface area contributed by atoms with Crippen LogP contribution in [0.15, 0.2) is 30.3 Å². The molecule has 166 valence electrons. The average molecular weight is 419 g/mol. The highest BCUT2D eigenvalue weighted by atomic mass is 16.5. The van der Waals surface area contributed by atoms with Crippen molar-refractivity contribution in [2.45, 2.75) is 71.7 Å². The molecule has 1 heterocycles. The Labute approximate surface area is 179 Å². The number of esters is 1. The van der Waals surface area contributed by atoms with E-state index in [1.165, 1.54) is 0 Å². The van der Waals surface area contributed by atoms with E-state index in [4.69, 9.17) is 4.74 Å². The molecule has 3 atom stereocenters. The Bertz CT molecular complexity index is 720. The van der Waals surface area contributed by atoms with E-state index in [1.54, 1.807) is 4.90 Å². The molecule has 2 rings (SSSR count). The first-order valence-corrected chi connectivity index (χ1v) is 10.8. The van der Waals surface area contributed by atoms with Crippen LogP contribution < -0.4 is 11.1 Å². The first-order valence-electron chi connectivity index (χ1n) is 10.8. The van der Waals surface area contributed by atoms with Gasteiger partial charge in [0.25, 0.3) is 5.91 Å². The fourth-order valence-electron chi connectivity index (χ4n) is 3.57. The lowest BCUT2D eigenvalue weighted by atomic mass is 10.00. The van der Waals surface area contributed by atoms with Gasteiger partial charge in [0.2, 0.25) is 5.91 Å². The largest absolute Gasteiger partial charge is 0.459 e. The summed E-state index contributed by atoms with van der Waals surface area (Å²) in [6, 6.07) is 7.77. The Kier molecular flexibility index (Phi) is 8.84. The Morgan fingerprint density at radius 2 is 1.83 bits per heavy atom. The van der Waals surface area contributed by atoms with Crippen LogP contribution in [0.1, 0.15) is 52.5 Å². The lowest BCUT2D eigenvalue weighted by molar-refractivity contribution is -0.414. The van der Waals surface area contributed by atoms with Crippen molar-refractivity contribution in [1.29, 1.82) is 0 Å². The highest BCUT2D eigenvalue weighted by molar-refractivity contribution is 5.92. The number of nitrogens with zero attached hydrogens (tertiary/aromatic N) is 1. The summed E-state index contributed by atoms with van der Waals surface area (Å²) in [6.07, 6.45) is 1.83. The SMILES string of the molecule is CC(C)C[C@H](NC(=O)[C@@H]([NH3+])C(C)C)C(=O)N1CCC[C@H]1C(=O)OCc1ccccc1. The van der Waals surface area contributed by atoms with E-state index < -0.39 is 24.1 Å². The quantitative estimate of drug-likeness (QED) is 0.593. The zero-order valence-electron chi connectivity index (χ0n) is 18.6. The van der Waals surface area contributed by atoms with Crippen LogP contribution in [-0.2, 0) is 25.7 Å². The van der Waals surface area contributed by atoms with Crippen molar-refractivity contribution in [3.8, 4) is 0 Å². The summed E-state index contributed by atoms with van der Waals surface area (Å²) in [4.78, 5) is 40.1. The van der Waals surface area contributed by atoms with Crippen molar-refractivity contribution >= 4 is 17.8 Å². The van der Waals surface area contributed by atoms with Gasteiger partial charge in [-0.1, -0.05) is 58.0 Å². The second kappa shape index (κ2) is 11.1. The second-order valence-corrected chi connectivity index (χ2v) is 8.82. The van der Waals surface area contributed by atoms with Gasteiger partial charge < -0.3 is 20.7 Å². The predicted molar refractivity (Wildman–Crippen MR) is 114 cm³/mol. The van der Waals surface area contributed by atoms with Gasteiger partial charge in [0.1, 0.15) is 18.7 Å². The average Bonchev–Trinajstić information content (AvgIpc) is 3.20. The third-order valence-electron chi connectivity index (χ3n) is 5.50. The third kappa shape index (κ3) is 6.55. The summed E-state index contributed by atoms with van der Waals surface area (Å²) in [7, 11) is 0. The zero-order chi connectivity index (χ0) is 22.3. The number of rotatable bonds is 9. The molecule has 4 N–H and O–H groups in total. The van der Waals surface area contributed by atoms with Gasteiger partial charge in [0.15, 0.2) is 6.04 Å². The van der Waals surface area contributed by atoms with E-state index in [2.05, 4.69) is 11.1 Å². The molecule has 0 aliphatic carbocycles. The fraction of sp³-hybridized carbons (Fsp3) is 0.609. The molecule has 7 heteroatoms. The number of carbonyl (C=O) groups is 3. The smallest absolute Gasteiger partial charge is 0.329 e. The molecule has 1 aromatic carbocycles. The lowest BCUT2D eigenvalue weighted by Crippen LogP contribution is -2.71. The molecule has 1 saturated heterocycles. The minimum Gasteiger partial charge on any atom is -0.459 e. The van der Waals surface area contributed by atoms with Crippen LogP contribution >= 0.6 is 0 Å². The number of nitrogens with one attached hydrogen (secondary N) is 1. The Morgan fingerprint density at radius 3 is 2.43 bits per heavy atom. The number of carbonyl (C=O) groups excluding carboxylic acids is 3. The van der Waals surface area contributed by atoms with Crippen LogP contribution in [0.4, 0.5) is 0 Å². The van der Waals surface area contributed by atoms with E-state index in [0.717, 1.165) is 12.0 Å². The minimum atomic E-state index is -0.664. The summed E-state index contributed by atoms with van der Waals surface area (Å²) in [5.74, 6) is -0.546. The number of amides is 2. The van der Waals surface area contributed by atoms with Crippen molar-refractivity contribution in [1.82, 2.24) is 10.2 Å². The number of ether oxygens (including phenoxy) is 1. The molecule has 1 aromatic rings. The molecular formula is C23H36N3O4+. The number of likely N-dealkylation sites (tertiary alicyclic amines) is 1. The maximum absolute atomic E-state index is 13.3. The molecule has 0 saturated carbocycles. The van der Waals surface area contributed by atoms with Crippen LogP contribution in [0.2, 0.25) is 0 Å². The number of hydrogen-bond donors (Lipinski definition) is 2. The maximum Gasteiger partial charge on any atom is 0.329 e. The van der Waals surface area contributed by atoms with Crippen LogP contribution in [-0.4, -0.2) is 47.4 Å². The van der Waals surface area contributed by atoms with Gasteiger partial charge in [0, 0.05) is 12.5 Å². The first-order chi connectivity index (χ1) is 14.2. The molecule has 1 aliphatic rings. The molecule has 0 radical (unpaired) electrons. The molecule has 0 aromatic heterocycles. The number of quaternary nitrogens is 1. The molecule has 7 nitrogen and oxygen atoms in total. The highest BCUT2D eigenvalue weighted by Gasteiger charge is 2.39. The number of benzene rings is 1. The molecule has 2 amide bonds. The molecule has 1 fully saturated rings. The minimum absolute atomic E-state index is 0.0762. The van der Waals surface area contributed by atoms with E-state index in [0.29, 0.717) is 19.4 Å². The molecule has 0 spiro atoms. The van der Waals surface area contributed by atoms with Gasteiger partial charge in [-0.05, 0) is 30.7 Å². The second-order valence-electron chi connectivity index (χ2n) is 8.82. The fourth-order valence-corrected chi connectivity index (χ4v) is 3.57. The molecule has 0 bridgehead atoms. The summed E-state index contributed by atoms with van der Waals surface area (Å²) in [5, 5.41) is 2.88. The topological polar surface area (TPSA) is 103 Å². The van der Waals surface area contributed by atoms with Crippen molar-refractivity contribution in [2.75, 3.05) is 6.54 Å². The van der Waals surface area contributed by atoms with Gasteiger partial charge in [-0.3, -0.25) is 9.59 Å². The molecule has 30 heavy (non-hydrogen) atoms. The summed E-state index contributed by atoms with van der Waals surface area (Å²) >= 11 is 0. The summed E-state index contributed by atoms with van der Waals surface area (Å²) < 4.78 is 5.47. The lowest BCUT2D eigenvalue weighted by Gasteiger charge is -2.29. The molecule has 0 unspecified atom stereocenters. The monoisotopic (exact) mass is 418 g/mol. The number of hydrogen-bond acceptors (Lipinski definition) is 4. The first kappa shape index (κ1) is 23.9. The normalized spacial score (nSPS) is 18.4. The van der Waals surface area contributed by atoms with E-state index in [1.807, 2.05) is 58.0 Å². The van der Waals surface area contributed by atoms with E-state index >= 15 is 0 Å². The van der Waals surface area contributed by atoms with Gasteiger partial charge in [-0.2, -0.15) is 0 Å². The maximum atomic E-state index is 13.3. The van der Waals surface area contributed by atoms with E-state index in [-0.39, 0.29) is 30.3 Å². The Hall–Kier alpha value is -2.41. The molecular weight excluding hydrogens is 382 g/mol. The standard InChI is InChI=1S/C23H35N3O4/c1-15(2)13-18(25-21(27)20(24)16(3)4)22(28)26-12-8-11-19(26)23(29)30-14-17-9-6-5-7-10-17/h5-7,9-10,15-16,18-20H,8,11-14,24H2,1-4H3,(H,25,27)/p+1/t18-,19-,20-/m0/s1. The Morgan fingerprint density at radius 1 is 1.17 bits per heavy atom. The van der Waals surface area contributed by atoms with Gasteiger partial charge in [-0.25, -0.2) is 4.79 Å². The summed E-state index contributed by atoms with van der Waals surface area (Å²) in [6.45, 7) is 8.54. The highest BCUT2D eigenvalue weighted by Crippen LogP contribution is 2.22. The van der Waals surface area contributed by atoms with Gasteiger partial charge >= 0.3 is 5.97 Å². The van der Waals surface area contributed by atoms with Crippen molar-refractivity contribution < 1.29 is 24.9 Å². The van der Waals surface area contributed by atoms with Crippen LogP contribution in [0.5, 0.6) is 0 Å². The van der Waals surface area contributed by atoms with Crippen LogP contribution in [0.3, 0.4) is 0 Å². The van der Waals surface area contributed by atoms with Gasteiger partial charge in [0.05, 0.1) is 0 Å². The van der Waals surface area contributed by atoms with E-state index in [9.17, 15) is 14.4 Å². The van der Waals surface area contributed by atoms with Crippen LogP contribution in [0.25, 0.3) is 0 Å². The zero-order valence-corrected chi connectivity index (χ0v) is 18.6. The van der Waals surface area contributed by atoms with Crippen molar-refractivity contribution in [2.24, 2.45) is 11.8 Å². The van der Waals surface area contributed by atoms with Crippen LogP contribution in [0, 0.1) is 11.8 Å².